The lowest BCUT2D eigenvalue weighted by Crippen LogP contribution is -3.00. The van der Waals surface area contributed by atoms with Gasteiger partial charge in [-0.1, -0.05) is 6.92 Å². The van der Waals surface area contributed by atoms with Gasteiger partial charge in [-0.15, -0.1) is 0 Å². The molecule has 6 N–H and O–H groups in total. The van der Waals surface area contributed by atoms with Crippen LogP contribution in [0.1, 0.15) is 13.3 Å². The maximum absolute atomic E-state index is 11.4. The summed E-state index contributed by atoms with van der Waals surface area (Å²) >= 11 is 0. The quantitative estimate of drug-likeness (QED) is 0.383. The van der Waals surface area contributed by atoms with E-state index in [4.69, 9.17) is 10.4 Å². The van der Waals surface area contributed by atoms with Crippen LogP contribution in [0, 0.1) is 10.4 Å². The van der Waals surface area contributed by atoms with Gasteiger partial charge in [0.15, 0.2) is 11.4 Å². The molecule has 0 saturated heterocycles. The number of carbonyl (C=O) groups excluding carboxylic acids is 1. The molecule has 0 fully saturated rings. The topological polar surface area (TPSA) is 137 Å². The zero-order chi connectivity index (χ0) is 14.4. The number of carbonyl (C=O) groups is 1. The molecule has 0 aliphatic heterocycles. The maximum atomic E-state index is 11.4. The van der Waals surface area contributed by atoms with Crippen LogP contribution in [0.2, 0.25) is 0 Å². The average molecular weight is 272 g/mol. The van der Waals surface area contributed by atoms with Crippen molar-refractivity contribution in [2.24, 2.45) is 0 Å². The third kappa shape index (κ3) is 4.79. The Morgan fingerprint density at radius 3 is 2.16 bits per heavy atom. The predicted octanol–water partition coefficient (Wildman–Crippen LogP) is -0.975. The molecule has 0 spiro atoms. The summed E-state index contributed by atoms with van der Waals surface area (Å²) in [4.78, 5) is 11.4. The van der Waals surface area contributed by atoms with E-state index in [1.165, 1.54) is 12.1 Å². The summed E-state index contributed by atoms with van der Waals surface area (Å²) in [6.07, 6.45) is 0.753. The van der Waals surface area contributed by atoms with E-state index >= 15 is 0 Å². The molecule has 1 aromatic rings. The molecule has 0 aliphatic carbocycles. The fraction of sp³-hybridized carbons (Fsp3) is 0.300. The molecule has 0 bridgehead atoms. The van der Waals surface area contributed by atoms with Crippen molar-refractivity contribution in [3.05, 3.63) is 28.6 Å². The number of hydrogen-bond donors (Lipinski definition) is 6. The first-order chi connectivity index (χ1) is 8.93. The van der Waals surface area contributed by atoms with E-state index in [0.717, 1.165) is 12.5 Å². The lowest BCUT2D eigenvalue weighted by atomic mass is 10.2. The molecule has 0 aliphatic rings. The maximum Gasteiger partial charge on any atom is 0.319 e. The van der Waals surface area contributed by atoms with Gasteiger partial charge in [0.25, 0.3) is 0 Å². The van der Waals surface area contributed by atoms with Crippen LogP contribution in [0.25, 0.3) is 0 Å². The molecular formula is C10H16N4O5. The Labute approximate surface area is 109 Å². The largest absolute Gasteiger partial charge is 0.595 e. The second kappa shape index (κ2) is 6.99. The molecular weight excluding hydrogens is 256 g/mol. The molecule has 0 heterocycles. The molecule has 2 unspecified atom stereocenters. The molecule has 19 heavy (non-hydrogen) atoms. The van der Waals surface area contributed by atoms with Gasteiger partial charge in [-0.25, -0.2) is 15.2 Å². The second-order valence-electron chi connectivity index (χ2n) is 3.79. The molecule has 0 radical (unpaired) electrons. The highest BCUT2D eigenvalue weighted by molar-refractivity contribution is 5.90. The van der Waals surface area contributed by atoms with Crippen LogP contribution >= 0.6 is 0 Å². The minimum absolute atomic E-state index is 0.117. The highest BCUT2D eigenvalue weighted by Crippen LogP contribution is 2.17. The molecule has 2 amide bonds. The van der Waals surface area contributed by atoms with Crippen molar-refractivity contribution in [1.82, 2.24) is 5.32 Å². The van der Waals surface area contributed by atoms with Crippen molar-refractivity contribution >= 4 is 23.1 Å². The number of urea groups is 1. The van der Waals surface area contributed by atoms with Crippen molar-refractivity contribution in [3.8, 4) is 0 Å². The number of quaternary nitrogens is 2. The number of nitrogens with one attached hydrogen (secondary N) is 4. The summed E-state index contributed by atoms with van der Waals surface area (Å²) in [5.41, 5.74) is -0.290. The van der Waals surface area contributed by atoms with Crippen LogP contribution in [0.3, 0.4) is 0 Å². The predicted molar refractivity (Wildman–Crippen MR) is 65.3 cm³/mol. The van der Waals surface area contributed by atoms with Crippen molar-refractivity contribution < 1.29 is 25.7 Å². The molecule has 2 atom stereocenters. The van der Waals surface area contributed by atoms with E-state index in [0.29, 0.717) is 6.54 Å². The Hall–Kier alpha value is -1.75. The van der Waals surface area contributed by atoms with E-state index in [1.807, 2.05) is 6.92 Å². The van der Waals surface area contributed by atoms with E-state index in [2.05, 4.69) is 10.6 Å². The van der Waals surface area contributed by atoms with Gasteiger partial charge in [0.1, 0.15) is 0 Å². The fourth-order valence-electron chi connectivity index (χ4n) is 1.36. The molecule has 1 aromatic carbocycles. The average Bonchev–Trinajstić information content (AvgIpc) is 2.35. The van der Waals surface area contributed by atoms with Crippen LogP contribution in [0.15, 0.2) is 18.2 Å². The summed E-state index contributed by atoms with van der Waals surface area (Å²) in [6, 6.07) is 2.90. The molecule has 0 saturated carbocycles. The van der Waals surface area contributed by atoms with Gasteiger partial charge < -0.3 is 21.0 Å². The van der Waals surface area contributed by atoms with E-state index < -0.39 is 16.5 Å². The van der Waals surface area contributed by atoms with Gasteiger partial charge >= 0.3 is 6.03 Å². The molecule has 106 valence electrons. The SMILES string of the molecule is CCCNC(=O)Nc1cc([NH+]([O-])O)cc([NH+]([O-])O)c1. The zero-order valence-corrected chi connectivity index (χ0v) is 10.3. The number of anilines is 1. The third-order valence-corrected chi connectivity index (χ3v) is 2.22. The van der Waals surface area contributed by atoms with Crippen LogP contribution in [-0.2, 0) is 0 Å². The molecule has 1 rings (SSSR count). The van der Waals surface area contributed by atoms with Gasteiger partial charge in [0.2, 0.25) is 0 Å². The first-order valence-corrected chi connectivity index (χ1v) is 5.60. The highest BCUT2D eigenvalue weighted by Gasteiger charge is 2.12. The van der Waals surface area contributed by atoms with Crippen molar-refractivity contribution in [1.29, 1.82) is 0 Å². The third-order valence-electron chi connectivity index (χ3n) is 2.22. The summed E-state index contributed by atoms with van der Waals surface area (Å²) in [7, 11) is 0. The van der Waals surface area contributed by atoms with E-state index in [1.54, 1.807) is 0 Å². The molecule has 9 heteroatoms. The second-order valence-corrected chi connectivity index (χ2v) is 3.79. The zero-order valence-electron chi connectivity index (χ0n) is 10.3. The molecule has 0 aromatic heterocycles. The number of benzene rings is 1. The molecule has 9 nitrogen and oxygen atoms in total. The van der Waals surface area contributed by atoms with E-state index in [-0.39, 0.29) is 17.1 Å². The van der Waals surface area contributed by atoms with Crippen LogP contribution in [0.4, 0.5) is 21.9 Å². The number of hydrogen-bond acceptors (Lipinski definition) is 5. The van der Waals surface area contributed by atoms with Crippen LogP contribution in [0.5, 0.6) is 0 Å². The van der Waals surface area contributed by atoms with E-state index in [9.17, 15) is 15.2 Å². The van der Waals surface area contributed by atoms with Gasteiger partial charge in [-0.3, -0.25) is 0 Å². The Morgan fingerprint density at radius 1 is 1.21 bits per heavy atom. The minimum Gasteiger partial charge on any atom is -0.595 e. The van der Waals surface area contributed by atoms with Gasteiger partial charge in [0.05, 0.1) is 11.8 Å². The Bertz CT molecular complexity index is 412. The standard InChI is InChI=1S/C10H16N4O5/c1-2-3-11-10(15)12-7-4-8(13(16)17)6-9(5-7)14(18)19/h4-6,13-14,16,18H,2-3H2,1H3,(H2,11,12,15). The minimum atomic E-state index is -1.26. The van der Waals surface area contributed by atoms with Gasteiger partial charge in [-0.05, 0) is 6.42 Å². The fourth-order valence-corrected chi connectivity index (χ4v) is 1.36. The Balaban J connectivity index is 2.90. The lowest BCUT2D eigenvalue weighted by Gasteiger charge is -2.17. The van der Waals surface area contributed by atoms with Crippen LogP contribution < -0.4 is 21.1 Å². The Morgan fingerprint density at radius 2 is 1.74 bits per heavy atom. The Kier molecular flexibility index (Phi) is 5.63. The van der Waals surface area contributed by atoms with Crippen molar-refractivity contribution in [2.75, 3.05) is 11.9 Å². The summed E-state index contributed by atoms with van der Waals surface area (Å²) in [6.45, 7) is 2.35. The summed E-state index contributed by atoms with van der Waals surface area (Å²) in [5.74, 6) is 0. The van der Waals surface area contributed by atoms with Gasteiger partial charge in [-0.2, -0.15) is 10.5 Å². The smallest absolute Gasteiger partial charge is 0.319 e. The van der Waals surface area contributed by atoms with Crippen LogP contribution in [-0.4, -0.2) is 23.0 Å². The monoisotopic (exact) mass is 272 g/mol. The van der Waals surface area contributed by atoms with Crippen molar-refractivity contribution in [3.63, 3.8) is 0 Å². The normalized spacial score (nSPS) is 13.7. The van der Waals surface area contributed by atoms with Crippen molar-refractivity contribution in [2.45, 2.75) is 13.3 Å². The number of amides is 2. The first-order valence-electron chi connectivity index (χ1n) is 5.60. The summed E-state index contributed by atoms with van der Waals surface area (Å²) in [5, 5.41) is 41.9. The number of rotatable bonds is 5. The van der Waals surface area contributed by atoms with Gasteiger partial charge in [0, 0.05) is 18.7 Å². The highest BCUT2D eigenvalue weighted by atomic mass is 16.8. The lowest BCUT2D eigenvalue weighted by molar-refractivity contribution is -0.996. The summed E-state index contributed by atoms with van der Waals surface area (Å²) < 4.78 is 0. The first kappa shape index (κ1) is 15.3.